The van der Waals surface area contributed by atoms with Crippen molar-refractivity contribution in [3.05, 3.63) is 59.7 Å². The maximum Gasteiger partial charge on any atom is 0.294 e. The average molecular weight is 301 g/mol. The molecule has 0 aliphatic rings. The van der Waals surface area contributed by atoms with Crippen LogP contribution in [-0.2, 0) is 10.1 Å². The summed E-state index contributed by atoms with van der Waals surface area (Å²) in [6.45, 7) is 0. The molecule has 0 aliphatic carbocycles. The second-order valence-corrected chi connectivity index (χ2v) is 5.52. The Kier molecular flexibility index (Phi) is 4.33. The van der Waals surface area contributed by atoms with Gasteiger partial charge in [0.25, 0.3) is 10.1 Å². The minimum Gasteiger partial charge on any atom is -0.282 e. The van der Waals surface area contributed by atoms with Crippen molar-refractivity contribution >= 4 is 22.0 Å². The molecule has 0 aliphatic heterocycles. The van der Waals surface area contributed by atoms with Gasteiger partial charge in [0.05, 0.1) is 28.4 Å². The summed E-state index contributed by atoms with van der Waals surface area (Å²) in [5.41, 5.74) is 4.69. The zero-order chi connectivity index (χ0) is 15.3. The van der Waals surface area contributed by atoms with Gasteiger partial charge < -0.3 is 0 Å². The number of benzene rings is 2. The normalized spacial score (nSPS) is 11.2. The number of anilines is 1. The number of hydrogen-bond donors (Lipinski definition) is 2. The van der Waals surface area contributed by atoms with Crippen LogP contribution in [0.5, 0.6) is 0 Å². The first-order valence-electron chi connectivity index (χ1n) is 5.86. The second kappa shape index (κ2) is 6.17. The minimum absolute atomic E-state index is 0.177. The minimum atomic E-state index is -4.18. The van der Waals surface area contributed by atoms with Gasteiger partial charge in [-0.15, -0.1) is 0 Å². The molecule has 106 valence electrons. The van der Waals surface area contributed by atoms with E-state index in [0.29, 0.717) is 11.3 Å². The summed E-state index contributed by atoms with van der Waals surface area (Å²) in [4.78, 5) is -0.177. The van der Waals surface area contributed by atoms with Gasteiger partial charge in [0.2, 0.25) is 0 Å². The second-order valence-electron chi connectivity index (χ2n) is 4.10. The number of nitrogens with one attached hydrogen (secondary N) is 1. The van der Waals surface area contributed by atoms with Gasteiger partial charge in [-0.2, -0.15) is 18.8 Å². The Morgan fingerprint density at radius 2 is 1.71 bits per heavy atom. The van der Waals surface area contributed by atoms with E-state index in [0.717, 1.165) is 5.56 Å². The number of nitriles is 1. The molecule has 0 bridgehead atoms. The van der Waals surface area contributed by atoms with E-state index in [1.54, 1.807) is 30.5 Å². The van der Waals surface area contributed by atoms with Gasteiger partial charge in [-0.1, -0.05) is 12.1 Å². The molecule has 0 saturated heterocycles. The lowest BCUT2D eigenvalue weighted by molar-refractivity contribution is 0.483. The fourth-order valence-corrected chi connectivity index (χ4v) is 2.01. The highest BCUT2D eigenvalue weighted by Gasteiger charge is 2.07. The van der Waals surface area contributed by atoms with Crippen molar-refractivity contribution < 1.29 is 13.0 Å². The third-order valence-corrected chi connectivity index (χ3v) is 3.47. The Morgan fingerprint density at radius 3 is 2.24 bits per heavy atom. The molecule has 2 rings (SSSR count). The molecule has 0 unspecified atom stereocenters. The molecule has 0 aromatic heterocycles. The lowest BCUT2D eigenvalue weighted by Gasteiger charge is -2.01. The summed E-state index contributed by atoms with van der Waals surface area (Å²) in [5, 5.41) is 12.7. The quantitative estimate of drug-likeness (QED) is 0.512. The number of rotatable bonds is 4. The van der Waals surface area contributed by atoms with Crippen LogP contribution in [0.2, 0.25) is 0 Å². The Balaban J connectivity index is 2.02. The van der Waals surface area contributed by atoms with E-state index in [-0.39, 0.29) is 4.90 Å². The van der Waals surface area contributed by atoms with E-state index in [4.69, 9.17) is 9.81 Å². The van der Waals surface area contributed by atoms with E-state index in [9.17, 15) is 8.42 Å². The van der Waals surface area contributed by atoms with Gasteiger partial charge in [-0.25, -0.2) is 0 Å². The first kappa shape index (κ1) is 14.7. The predicted molar refractivity (Wildman–Crippen MR) is 78.6 cm³/mol. The maximum absolute atomic E-state index is 10.9. The van der Waals surface area contributed by atoms with E-state index >= 15 is 0 Å². The van der Waals surface area contributed by atoms with Crippen LogP contribution in [0, 0.1) is 11.3 Å². The van der Waals surface area contributed by atoms with Crippen molar-refractivity contribution in [2.45, 2.75) is 4.90 Å². The molecule has 0 heterocycles. The molecule has 0 spiro atoms. The lowest BCUT2D eigenvalue weighted by Crippen LogP contribution is -1.98. The third-order valence-electron chi connectivity index (χ3n) is 2.60. The zero-order valence-electron chi connectivity index (χ0n) is 10.8. The van der Waals surface area contributed by atoms with Gasteiger partial charge in [0.15, 0.2) is 0 Å². The highest BCUT2D eigenvalue weighted by atomic mass is 32.2. The van der Waals surface area contributed by atoms with E-state index in [2.05, 4.69) is 10.5 Å². The summed E-state index contributed by atoms with van der Waals surface area (Å²) in [6, 6.07) is 14.4. The first-order chi connectivity index (χ1) is 9.99. The first-order valence-corrected chi connectivity index (χ1v) is 7.30. The standard InChI is InChI=1S/C14H11N3O3S/c15-9-11-1-3-12(4-2-11)10-16-17-13-5-7-14(8-6-13)21(18,19)20/h1-8,10,17H,(H,18,19,20). The summed E-state index contributed by atoms with van der Waals surface area (Å²) in [5.74, 6) is 0. The predicted octanol–water partition coefficient (Wildman–Crippen LogP) is 2.25. The molecule has 0 saturated carbocycles. The SMILES string of the molecule is N#Cc1ccc(C=NNc2ccc(S(=O)(=O)O)cc2)cc1. The summed E-state index contributed by atoms with van der Waals surface area (Å²) < 4.78 is 30.6. The smallest absolute Gasteiger partial charge is 0.282 e. The van der Waals surface area contributed by atoms with E-state index in [1.165, 1.54) is 24.3 Å². The van der Waals surface area contributed by atoms with Crippen LogP contribution in [0.1, 0.15) is 11.1 Å². The fraction of sp³-hybridized carbons (Fsp3) is 0. The molecule has 2 aromatic rings. The Hall–Kier alpha value is -2.69. The highest BCUT2D eigenvalue weighted by Crippen LogP contribution is 2.13. The topological polar surface area (TPSA) is 103 Å². The Bertz CT molecular complexity index is 789. The van der Waals surface area contributed by atoms with Crippen molar-refractivity contribution in [2.24, 2.45) is 5.10 Å². The third kappa shape index (κ3) is 4.14. The molecule has 2 N–H and O–H groups in total. The van der Waals surface area contributed by atoms with Crippen molar-refractivity contribution in [3.8, 4) is 6.07 Å². The van der Waals surface area contributed by atoms with Crippen LogP contribution in [0.3, 0.4) is 0 Å². The monoisotopic (exact) mass is 301 g/mol. The summed E-state index contributed by atoms with van der Waals surface area (Å²) >= 11 is 0. The molecule has 21 heavy (non-hydrogen) atoms. The molecule has 0 radical (unpaired) electrons. The van der Waals surface area contributed by atoms with Gasteiger partial charge >= 0.3 is 0 Å². The van der Waals surface area contributed by atoms with Crippen molar-refractivity contribution in [3.63, 3.8) is 0 Å². The number of nitrogens with zero attached hydrogens (tertiary/aromatic N) is 2. The summed E-state index contributed by atoms with van der Waals surface area (Å²) in [6.07, 6.45) is 1.57. The number of hydrazone groups is 1. The number of hydrogen-bond acceptors (Lipinski definition) is 5. The molecular formula is C14H11N3O3S. The van der Waals surface area contributed by atoms with Gasteiger partial charge in [0, 0.05) is 0 Å². The van der Waals surface area contributed by atoms with Gasteiger partial charge in [0.1, 0.15) is 0 Å². The van der Waals surface area contributed by atoms with Crippen molar-refractivity contribution in [1.82, 2.24) is 0 Å². The molecule has 0 fully saturated rings. The van der Waals surface area contributed by atoms with E-state index in [1.807, 2.05) is 6.07 Å². The lowest BCUT2D eigenvalue weighted by atomic mass is 10.2. The van der Waals surface area contributed by atoms with Crippen LogP contribution in [0.4, 0.5) is 5.69 Å². The van der Waals surface area contributed by atoms with Crippen molar-refractivity contribution in [1.29, 1.82) is 5.26 Å². The molecule has 6 nitrogen and oxygen atoms in total. The molecule has 7 heteroatoms. The summed E-state index contributed by atoms with van der Waals surface area (Å²) in [7, 11) is -4.18. The maximum atomic E-state index is 10.9. The largest absolute Gasteiger partial charge is 0.294 e. The zero-order valence-corrected chi connectivity index (χ0v) is 11.6. The van der Waals surface area contributed by atoms with Crippen molar-refractivity contribution in [2.75, 3.05) is 5.43 Å². The van der Waals surface area contributed by atoms with Gasteiger partial charge in [-0.3, -0.25) is 9.98 Å². The fourth-order valence-electron chi connectivity index (χ4n) is 1.53. The van der Waals surface area contributed by atoms with Crippen LogP contribution >= 0.6 is 0 Å². The molecule has 2 aromatic carbocycles. The van der Waals surface area contributed by atoms with Crippen LogP contribution in [-0.4, -0.2) is 19.2 Å². The van der Waals surface area contributed by atoms with Gasteiger partial charge in [-0.05, 0) is 42.0 Å². The van der Waals surface area contributed by atoms with Crippen LogP contribution in [0.15, 0.2) is 58.5 Å². The van der Waals surface area contributed by atoms with Crippen LogP contribution < -0.4 is 5.43 Å². The molecular weight excluding hydrogens is 290 g/mol. The molecule has 0 atom stereocenters. The highest BCUT2D eigenvalue weighted by molar-refractivity contribution is 7.85. The Morgan fingerprint density at radius 1 is 1.10 bits per heavy atom. The van der Waals surface area contributed by atoms with E-state index < -0.39 is 10.1 Å². The average Bonchev–Trinajstić information content (AvgIpc) is 2.47. The molecule has 0 amide bonds. The van der Waals surface area contributed by atoms with Crippen LogP contribution in [0.25, 0.3) is 0 Å². The Labute approximate surface area is 122 Å².